The lowest BCUT2D eigenvalue weighted by Crippen LogP contribution is -2.19. The Morgan fingerprint density at radius 1 is 1.31 bits per heavy atom. The first-order valence-electron chi connectivity index (χ1n) is 5.43. The number of hydrogen-bond acceptors (Lipinski definition) is 2. The van der Waals surface area contributed by atoms with Crippen molar-refractivity contribution in [3.8, 4) is 0 Å². The first-order chi connectivity index (χ1) is 6.33. The van der Waals surface area contributed by atoms with Crippen LogP contribution in [-0.4, -0.2) is 6.04 Å². The summed E-state index contributed by atoms with van der Waals surface area (Å²) in [6.45, 7) is 12.1. The fourth-order valence-electron chi connectivity index (χ4n) is 0.973. The van der Waals surface area contributed by atoms with E-state index in [0.29, 0.717) is 6.04 Å². The van der Waals surface area contributed by atoms with Crippen LogP contribution in [0.15, 0.2) is 11.8 Å². The van der Waals surface area contributed by atoms with Crippen LogP contribution in [-0.2, 0) is 4.84 Å². The highest BCUT2D eigenvalue weighted by Crippen LogP contribution is 2.09. The molecule has 1 N–H and O–H groups in total. The molecule has 13 heavy (non-hydrogen) atoms. The summed E-state index contributed by atoms with van der Waals surface area (Å²) in [5.41, 5.74) is 2.91. The third kappa shape index (κ3) is 7.85. The third-order valence-electron chi connectivity index (χ3n) is 1.41. The molecule has 0 saturated carbocycles. The number of hydrogen-bond donors (Lipinski definition) is 1. The number of hydroxylamine groups is 1. The average Bonchev–Trinajstić information content (AvgIpc) is 2.59. The van der Waals surface area contributed by atoms with Crippen molar-refractivity contribution in [2.24, 2.45) is 0 Å². The maximum Gasteiger partial charge on any atom is 0.118 e. The van der Waals surface area contributed by atoms with Gasteiger partial charge in [-0.15, -0.1) is 0 Å². The molecule has 0 bridgehead atoms. The normalized spacial score (nSPS) is 18.6. The minimum atomic E-state index is 0.454. The Hall–Kier alpha value is -0.500. The molecule has 1 aliphatic heterocycles. The Bertz CT molecular complexity index is 121. The lowest BCUT2D eigenvalue weighted by atomic mass is 10.2. The first-order valence-corrected chi connectivity index (χ1v) is 5.43. The van der Waals surface area contributed by atoms with Crippen molar-refractivity contribution in [3.05, 3.63) is 11.8 Å². The van der Waals surface area contributed by atoms with Gasteiger partial charge < -0.3 is 4.84 Å². The van der Waals surface area contributed by atoms with E-state index in [1.807, 2.05) is 34.6 Å². The average molecular weight is 187 g/mol. The van der Waals surface area contributed by atoms with Gasteiger partial charge in [0.25, 0.3) is 0 Å². The van der Waals surface area contributed by atoms with Crippen LogP contribution in [0.1, 0.15) is 54.4 Å². The lowest BCUT2D eigenvalue weighted by molar-refractivity contribution is 0.115. The molecule has 1 heterocycles. The van der Waals surface area contributed by atoms with E-state index in [1.54, 1.807) is 0 Å². The van der Waals surface area contributed by atoms with Crippen LogP contribution in [0.3, 0.4) is 0 Å². The molecule has 0 aliphatic carbocycles. The van der Waals surface area contributed by atoms with Gasteiger partial charge in [0.15, 0.2) is 0 Å². The molecule has 1 aliphatic rings. The van der Waals surface area contributed by atoms with Crippen LogP contribution in [0.4, 0.5) is 0 Å². The molecule has 1 atom stereocenters. The molecule has 2 nitrogen and oxygen atoms in total. The van der Waals surface area contributed by atoms with Crippen molar-refractivity contribution < 1.29 is 4.84 Å². The SMILES string of the molecule is CC.CC.CCCC1C=C(C)ON1. The second-order valence-electron chi connectivity index (χ2n) is 2.39. The van der Waals surface area contributed by atoms with Gasteiger partial charge in [-0.3, -0.25) is 0 Å². The van der Waals surface area contributed by atoms with E-state index in [1.165, 1.54) is 6.42 Å². The van der Waals surface area contributed by atoms with Gasteiger partial charge >= 0.3 is 0 Å². The van der Waals surface area contributed by atoms with Gasteiger partial charge in [0.2, 0.25) is 0 Å². The quantitative estimate of drug-likeness (QED) is 0.712. The van der Waals surface area contributed by atoms with Crippen molar-refractivity contribution >= 4 is 0 Å². The third-order valence-corrected chi connectivity index (χ3v) is 1.41. The van der Waals surface area contributed by atoms with Crippen molar-refractivity contribution in [2.45, 2.75) is 60.4 Å². The van der Waals surface area contributed by atoms with Crippen molar-refractivity contribution in [2.75, 3.05) is 0 Å². The van der Waals surface area contributed by atoms with Gasteiger partial charge in [-0.25, -0.2) is 0 Å². The lowest BCUT2D eigenvalue weighted by Gasteiger charge is -2.03. The standard InChI is InChI=1S/C7H13NO.2C2H6/c1-3-4-7-5-6(2)9-8-7;2*1-2/h5,7-8H,3-4H2,1-2H3;2*1-2H3. The van der Waals surface area contributed by atoms with Gasteiger partial charge in [-0.05, 0) is 19.4 Å². The van der Waals surface area contributed by atoms with Crippen LogP contribution in [0.25, 0.3) is 0 Å². The van der Waals surface area contributed by atoms with Crippen molar-refractivity contribution in [3.63, 3.8) is 0 Å². The Morgan fingerprint density at radius 3 is 2.15 bits per heavy atom. The van der Waals surface area contributed by atoms with Gasteiger partial charge in [0, 0.05) is 0 Å². The summed E-state index contributed by atoms with van der Waals surface area (Å²) in [5, 5.41) is 0. The molecule has 1 rings (SSSR count). The van der Waals surface area contributed by atoms with Crippen LogP contribution in [0, 0.1) is 0 Å². The number of rotatable bonds is 2. The van der Waals surface area contributed by atoms with E-state index in [-0.39, 0.29) is 0 Å². The predicted octanol–water partition coefficient (Wildman–Crippen LogP) is 3.65. The van der Waals surface area contributed by atoms with E-state index in [4.69, 9.17) is 4.84 Å². The molecule has 2 heteroatoms. The first kappa shape index (κ1) is 15.0. The highest BCUT2D eigenvalue weighted by molar-refractivity contribution is 5.00. The van der Waals surface area contributed by atoms with E-state index < -0.39 is 0 Å². The highest BCUT2D eigenvalue weighted by Gasteiger charge is 2.11. The Balaban J connectivity index is 0. The molecule has 0 saturated heterocycles. The molecule has 0 aromatic rings. The summed E-state index contributed by atoms with van der Waals surface area (Å²) in [6, 6.07) is 0.454. The fourth-order valence-corrected chi connectivity index (χ4v) is 0.973. The van der Waals surface area contributed by atoms with Crippen molar-refractivity contribution in [1.82, 2.24) is 5.48 Å². The molecular formula is C11H25NO. The highest BCUT2D eigenvalue weighted by atomic mass is 16.7. The fraction of sp³-hybridized carbons (Fsp3) is 0.818. The molecule has 0 amide bonds. The topological polar surface area (TPSA) is 21.3 Å². The van der Waals surface area contributed by atoms with Crippen LogP contribution < -0.4 is 5.48 Å². The summed E-state index contributed by atoms with van der Waals surface area (Å²) in [4.78, 5) is 5.03. The van der Waals surface area contributed by atoms with E-state index in [0.717, 1.165) is 12.2 Å². The summed E-state index contributed by atoms with van der Waals surface area (Å²) >= 11 is 0. The Kier molecular flexibility index (Phi) is 13.3. The monoisotopic (exact) mass is 187 g/mol. The van der Waals surface area contributed by atoms with E-state index in [2.05, 4.69) is 18.5 Å². The Morgan fingerprint density at radius 2 is 1.85 bits per heavy atom. The van der Waals surface area contributed by atoms with Gasteiger partial charge in [0.1, 0.15) is 5.76 Å². The summed E-state index contributed by atoms with van der Waals surface area (Å²) in [6.07, 6.45) is 4.48. The van der Waals surface area contributed by atoms with Crippen LogP contribution in [0.2, 0.25) is 0 Å². The predicted molar refractivity (Wildman–Crippen MR) is 59.4 cm³/mol. The minimum Gasteiger partial charge on any atom is -0.413 e. The molecule has 80 valence electrons. The van der Waals surface area contributed by atoms with Gasteiger partial charge in [-0.2, -0.15) is 5.48 Å². The molecule has 0 aromatic carbocycles. The van der Waals surface area contributed by atoms with E-state index >= 15 is 0 Å². The minimum absolute atomic E-state index is 0.454. The summed E-state index contributed by atoms with van der Waals surface area (Å²) in [5.74, 6) is 0.994. The molecule has 0 aromatic heterocycles. The van der Waals surface area contributed by atoms with Crippen LogP contribution in [0.5, 0.6) is 0 Å². The summed E-state index contributed by atoms with van der Waals surface area (Å²) < 4.78 is 0. The molecule has 0 spiro atoms. The maximum absolute atomic E-state index is 5.03. The molecule has 1 unspecified atom stereocenters. The Labute approximate surface area is 83.3 Å². The zero-order valence-electron chi connectivity index (χ0n) is 9.98. The summed E-state index contributed by atoms with van der Waals surface area (Å²) in [7, 11) is 0. The second-order valence-corrected chi connectivity index (χ2v) is 2.39. The second kappa shape index (κ2) is 11.5. The molecule has 0 radical (unpaired) electrons. The smallest absolute Gasteiger partial charge is 0.118 e. The van der Waals surface area contributed by atoms with E-state index in [9.17, 15) is 0 Å². The largest absolute Gasteiger partial charge is 0.413 e. The van der Waals surface area contributed by atoms with Crippen LogP contribution >= 0.6 is 0 Å². The van der Waals surface area contributed by atoms with Crippen molar-refractivity contribution in [1.29, 1.82) is 0 Å². The zero-order valence-corrected chi connectivity index (χ0v) is 9.98. The molecular weight excluding hydrogens is 162 g/mol. The zero-order chi connectivity index (χ0) is 10.7. The molecule has 0 fully saturated rings. The maximum atomic E-state index is 5.03. The van der Waals surface area contributed by atoms with Gasteiger partial charge in [0.05, 0.1) is 6.04 Å². The number of allylic oxidation sites excluding steroid dienone is 1. The number of nitrogens with one attached hydrogen (secondary N) is 1. The van der Waals surface area contributed by atoms with Gasteiger partial charge in [-0.1, -0.05) is 41.0 Å².